The molecule has 13 heavy (non-hydrogen) atoms. The minimum Gasteiger partial charge on any atom is -0.492 e. The van der Waals surface area contributed by atoms with E-state index in [1.54, 1.807) is 0 Å². The Morgan fingerprint density at radius 2 is 2.23 bits per heavy atom. The Kier molecular flexibility index (Phi) is 1.66. The Labute approximate surface area is 86.3 Å². The molecule has 0 aromatic carbocycles. The van der Waals surface area contributed by atoms with Gasteiger partial charge in [-0.05, 0) is 28.4 Å². The van der Waals surface area contributed by atoms with Crippen molar-refractivity contribution in [2.75, 3.05) is 0 Å². The molecule has 0 N–H and O–H groups in total. The largest absolute Gasteiger partial charge is 0.492 e. The molecule has 1 heterocycles. The molecular formula is C11H11BrO. The molecule has 0 saturated carbocycles. The lowest BCUT2D eigenvalue weighted by Crippen LogP contribution is -2.13. The fraction of sp³-hybridized carbons (Fsp3) is 0.455. The van der Waals surface area contributed by atoms with Gasteiger partial charge in [0.1, 0.15) is 11.9 Å². The van der Waals surface area contributed by atoms with Gasteiger partial charge in [-0.3, -0.25) is 0 Å². The van der Waals surface area contributed by atoms with Gasteiger partial charge in [0.25, 0.3) is 0 Å². The minimum absolute atomic E-state index is 0.424. The monoisotopic (exact) mass is 238 g/mol. The van der Waals surface area contributed by atoms with Crippen molar-refractivity contribution in [3.05, 3.63) is 34.5 Å². The van der Waals surface area contributed by atoms with Gasteiger partial charge in [0.05, 0.1) is 4.48 Å². The molecule has 1 unspecified atom stereocenters. The lowest BCUT2D eigenvalue weighted by molar-refractivity contribution is 0.152. The average molecular weight is 239 g/mol. The summed E-state index contributed by atoms with van der Waals surface area (Å²) in [5.41, 5.74) is 0. The number of halogens is 1. The Morgan fingerprint density at radius 1 is 1.31 bits per heavy atom. The fourth-order valence-electron chi connectivity index (χ4n) is 2.49. The Hall–Kier alpha value is -0.500. The van der Waals surface area contributed by atoms with Crippen molar-refractivity contribution in [3.63, 3.8) is 0 Å². The Morgan fingerprint density at radius 3 is 3.15 bits per heavy atom. The van der Waals surface area contributed by atoms with Crippen molar-refractivity contribution in [2.24, 2.45) is 11.8 Å². The van der Waals surface area contributed by atoms with Crippen molar-refractivity contribution in [2.45, 2.75) is 18.9 Å². The standard InChI is InChI=1S/C11H11BrO/c12-9-5-1-4-8-7-3-2-6-10(7)13-11(8)9/h1-3,5,7-8,10H,4,6H2/t7-,8?,10-/m1/s1. The Bertz CT molecular complexity index is 327. The topological polar surface area (TPSA) is 9.23 Å². The van der Waals surface area contributed by atoms with Gasteiger partial charge in [-0.25, -0.2) is 0 Å². The predicted molar refractivity (Wildman–Crippen MR) is 55.3 cm³/mol. The maximum absolute atomic E-state index is 5.92. The first-order chi connectivity index (χ1) is 6.36. The van der Waals surface area contributed by atoms with Crippen LogP contribution in [0.3, 0.4) is 0 Å². The third-order valence-electron chi connectivity index (χ3n) is 3.13. The van der Waals surface area contributed by atoms with Crippen LogP contribution >= 0.6 is 15.9 Å². The van der Waals surface area contributed by atoms with Crippen molar-refractivity contribution < 1.29 is 4.74 Å². The van der Waals surface area contributed by atoms with Crippen LogP contribution in [0, 0.1) is 11.8 Å². The molecule has 0 aromatic rings. The van der Waals surface area contributed by atoms with Crippen molar-refractivity contribution >= 4 is 15.9 Å². The van der Waals surface area contributed by atoms with E-state index in [-0.39, 0.29) is 0 Å². The molecule has 0 bridgehead atoms. The third kappa shape index (κ3) is 1.05. The van der Waals surface area contributed by atoms with Crippen LogP contribution in [0.15, 0.2) is 34.5 Å². The molecule has 0 spiro atoms. The number of ether oxygens (including phenoxy) is 1. The van der Waals surface area contributed by atoms with E-state index < -0.39 is 0 Å². The minimum atomic E-state index is 0.424. The van der Waals surface area contributed by atoms with Crippen LogP contribution in [0.5, 0.6) is 0 Å². The maximum atomic E-state index is 5.92. The first-order valence-electron chi connectivity index (χ1n) is 4.76. The molecule has 2 aliphatic carbocycles. The molecule has 1 saturated heterocycles. The highest BCUT2D eigenvalue weighted by molar-refractivity contribution is 9.11. The van der Waals surface area contributed by atoms with E-state index in [9.17, 15) is 0 Å². The summed E-state index contributed by atoms with van der Waals surface area (Å²) in [6.07, 6.45) is 11.6. The lowest BCUT2D eigenvalue weighted by Gasteiger charge is -2.15. The molecule has 68 valence electrons. The summed E-state index contributed by atoms with van der Waals surface area (Å²) in [6, 6.07) is 0. The van der Waals surface area contributed by atoms with Crippen molar-refractivity contribution in [1.82, 2.24) is 0 Å². The summed E-state index contributed by atoms with van der Waals surface area (Å²) in [7, 11) is 0. The molecule has 0 amide bonds. The first-order valence-corrected chi connectivity index (χ1v) is 5.55. The quantitative estimate of drug-likeness (QED) is 0.590. The summed E-state index contributed by atoms with van der Waals surface area (Å²) >= 11 is 3.55. The molecule has 2 heteroatoms. The molecule has 3 aliphatic rings. The van der Waals surface area contributed by atoms with E-state index in [4.69, 9.17) is 4.74 Å². The molecule has 1 fully saturated rings. The van der Waals surface area contributed by atoms with E-state index in [2.05, 4.69) is 40.2 Å². The van der Waals surface area contributed by atoms with E-state index in [1.165, 1.54) is 5.76 Å². The second kappa shape index (κ2) is 2.74. The zero-order valence-corrected chi connectivity index (χ0v) is 8.83. The van der Waals surface area contributed by atoms with Crippen molar-refractivity contribution in [1.29, 1.82) is 0 Å². The number of hydrogen-bond acceptors (Lipinski definition) is 1. The highest BCUT2D eigenvalue weighted by atomic mass is 79.9. The maximum Gasteiger partial charge on any atom is 0.115 e. The van der Waals surface area contributed by atoms with E-state index in [0.717, 1.165) is 17.3 Å². The van der Waals surface area contributed by atoms with Crippen LogP contribution in [0.1, 0.15) is 12.8 Å². The van der Waals surface area contributed by atoms with Gasteiger partial charge >= 0.3 is 0 Å². The molecule has 1 aliphatic heterocycles. The van der Waals surface area contributed by atoms with E-state index in [1.807, 2.05) is 0 Å². The van der Waals surface area contributed by atoms with Crippen LogP contribution in [-0.4, -0.2) is 6.10 Å². The molecule has 3 rings (SSSR count). The second-order valence-corrected chi connectivity index (χ2v) is 4.71. The highest BCUT2D eigenvalue weighted by Crippen LogP contribution is 2.47. The fourth-order valence-corrected chi connectivity index (χ4v) is 3.07. The number of hydrogen-bond donors (Lipinski definition) is 0. The SMILES string of the molecule is BrC1=C2O[C@@H]3CC=C[C@@H]3C2CC=C1. The van der Waals surface area contributed by atoms with Gasteiger partial charge in [-0.1, -0.05) is 18.2 Å². The van der Waals surface area contributed by atoms with E-state index in [0.29, 0.717) is 17.9 Å². The van der Waals surface area contributed by atoms with Gasteiger partial charge in [-0.2, -0.15) is 0 Å². The third-order valence-corrected chi connectivity index (χ3v) is 3.78. The summed E-state index contributed by atoms with van der Waals surface area (Å²) in [5, 5.41) is 0. The lowest BCUT2D eigenvalue weighted by atomic mass is 9.87. The summed E-state index contributed by atoms with van der Waals surface area (Å²) in [6.45, 7) is 0. The first kappa shape index (κ1) is 7.86. The van der Waals surface area contributed by atoms with E-state index >= 15 is 0 Å². The van der Waals surface area contributed by atoms with Crippen LogP contribution in [0.4, 0.5) is 0 Å². The zero-order valence-electron chi connectivity index (χ0n) is 7.24. The van der Waals surface area contributed by atoms with Crippen LogP contribution in [0.25, 0.3) is 0 Å². The Balaban J connectivity index is 2.01. The van der Waals surface area contributed by atoms with Gasteiger partial charge in [0.15, 0.2) is 0 Å². The summed E-state index contributed by atoms with van der Waals surface area (Å²) in [5.74, 6) is 2.41. The molecule has 3 atom stereocenters. The number of rotatable bonds is 0. The van der Waals surface area contributed by atoms with Gasteiger partial charge in [0, 0.05) is 18.3 Å². The molecule has 0 aromatic heterocycles. The van der Waals surface area contributed by atoms with Gasteiger partial charge < -0.3 is 4.74 Å². The smallest absolute Gasteiger partial charge is 0.115 e. The molecular weight excluding hydrogens is 228 g/mol. The van der Waals surface area contributed by atoms with Gasteiger partial charge in [-0.15, -0.1) is 0 Å². The molecule has 1 nitrogen and oxygen atoms in total. The predicted octanol–water partition coefficient (Wildman–Crippen LogP) is 3.14. The normalized spacial score (nSPS) is 40.5. The van der Waals surface area contributed by atoms with Gasteiger partial charge in [0.2, 0.25) is 0 Å². The van der Waals surface area contributed by atoms with Crippen LogP contribution < -0.4 is 0 Å². The summed E-state index contributed by atoms with van der Waals surface area (Å²) in [4.78, 5) is 0. The number of fused-ring (bicyclic) bond motifs is 3. The van der Waals surface area contributed by atoms with Crippen molar-refractivity contribution in [3.8, 4) is 0 Å². The van der Waals surface area contributed by atoms with Crippen LogP contribution in [-0.2, 0) is 4.74 Å². The summed E-state index contributed by atoms with van der Waals surface area (Å²) < 4.78 is 7.07. The average Bonchev–Trinajstić information content (AvgIpc) is 2.65. The second-order valence-electron chi connectivity index (χ2n) is 3.85. The highest BCUT2D eigenvalue weighted by Gasteiger charge is 2.42. The van der Waals surface area contributed by atoms with Crippen LogP contribution in [0.2, 0.25) is 0 Å². The number of allylic oxidation sites excluding steroid dienone is 4. The molecule has 0 radical (unpaired) electrons. The zero-order chi connectivity index (χ0) is 8.84.